The topological polar surface area (TPSA) is 45.2 Å². The molecule has 0 unspecified atom stereocenters. The van der Waals surface area contributed by atoms with Crippen LogP contribution in [-0.2, 0) is 0 Å². The highest BCUT2D eigenvalue weighted by molar-refractivity contribution is 6.11. The second kappa shape index (κ2) is 3.42. The van der Waals surface area contributed by atoms with Gasteiger partial charge in [0.05, 0.1) is 18.1 Å². The molecule has 0 aliphatic heterocycles. The highest BCUT2D eigenvalue weighted by atomic mass is 16.5. The number of aromatic nitrogens is 1. The summed E-state index contributed by atoms with van der Waals surface area (Å²) in [4.78, 5) is 3.28. The molecule has 0 aliphatic carbocycles. The zero-order chi connectivity index (χ0) is 12.0. The molecular formula is C14H13NO2. The van der Waals surface area contributed by atoms with Gasteiger partial charge in [-0.1, -0.05) is 6.07 Å². The van der Waals surface area contributed by atoms with Crippen molar-refractivity contribution in [2.75, 3.05) is 7.11 Å². The number of fused-ring (bicyclic) bond motifs is 3. The van der Waals surface area contributed by atoms with Crippen molar-refractivity contribution in [1.82, 2.24) is 4.98 Å². The first kappa shape index (κ1) is 10.0. The van der Waals surface area contributed by atoms with Crippen LogP contribution in [0.5, 0.6) is 11.5 Å². The smallest absolute Gasteiger partial charge is 0.128 e. The molecule has 2 aromatic carbocycles. The summed E-state index contributed by atoms with van der Waals surface area (Å²) < 4.78 is 5.38. The summed E-state index contributed by atoms with van der Waals surface area (Å²) in [5.74, 6) is 1.15. The van der Waals surface area contributed by atoms with Gasteiger partial charge < -0.3 is 14.8 Å². The average Bonchev–Trinajstić information content (AvgIpc) is 2.67. The molecule has 0 bridgehead atoms. The van der Waals surface area contributed by atoms with E-state index < -0.39 is 0 Å². The summed E-state index contributed by atoms with van der Waals surface area (Å²) in [5, 5.41) is 11.9. The molecule has 0 radical (unpaired) electrons. The molecule has 0 saturated carbocycles. The van der Waals surface area contributed by atoms with Gasteiger partial charge in [-0.2, -0.15) is 0 Å². The van der Waals surface area contributed by atoms with Crippen LogP contribution in [0.1, 0.15) is 5.56 Å². The molecule has 3 rings (SSSR count). The summed E-state index contributed by atoms with van der Waals surface area (Å²) >= 11 is 0. The van der Waals surface area contributed by atoms with Crippen molar-refractivity contribution < 1.29 is 9.84 Å². The van der Waals surface area contributed by atoms with Crippen LogP contribution >= 0.6 is 0 Å². The van der Waals surface area contributed by atoms with Crippen LogP contribution in [0.3, 0.4) is 0 Å². The maximum atomic E-state index is 9.72. The van der Waals surface area contributed by atoms with E-state index in [2.05, 4.69) is 4.98 Å². The monoisotopic (exact) mass is 227 g/mol. The Kier molecular flexibility index (Phi) is 2.01. The first-order valence-electron chi connectivity index (χ1n) is 5.48. The van der Waals surface area contributed by atoms with E-state index in [1.807, 2.05) is 31.2 Å². The lowest BCUT2D eigenvalue weighted by molar-refractivity contribution is 0.420. The Bertz CT molecular complexity index is 713. The van der Waals surface area contributed by atoms with Crippen molar-refractivity contribution in [3.63, 3.8) is 0 Å². The molecule has 17 heavy (non-hydrogen) atoms. The number of phenols is 1. The third kappa shape index (κ3) is 1.35. The number of aromatic hydroxyl groups is 1. The average molecular weight is 227 g/mol. The Morgan fingerprint density at radius 1 is 1.18 bits per heavy atom. The van der Waals surface area contributed by atoms with Crippen molar-refractivity contribution in [3.05, 3.63) is 35.9 Å². The molecule has 1 heterocycles. The Morgan fingerprint density at radius 3 is 2.76 bits per heavy atom. The summed E-state index contributed by atoms with van der Waals surface area (Å²) in [6.07, 6.45) is 0. The van der Waals surface area contributed by atoms with Gasteiger partial charge >= 0.3 is 0 Å². The fraction of sp³-hybridized carbons (Fsp3) is 0.143. The van der Waals surface area contributed by atoms with Crippen molar-refractivity contribution in [2.24, 2.45) is 0 Å². The van der Waals surface area contributed by atoms with Crippen LogP contribution < -0.4 is 4.74 Å². The number of methoxy groups -OCH3 is 1. The Morgan fingerprint density at radius 2 is 2.00 bits per heavy atom. The second-order valence-corrected chi connectivity index (χ2v) is 4.19. The zero-order valence-corrected chi connectivity index (χ0v) is 9.74. The van der Waals surface area contributed by atoms with Gasteiger partial charge in [-0.15, -0.1) is 0 Å². The molecule has 3 nitrogen and oxygen atoms in total. The number of hydrogen-bond acceptors (Lipinski definition) is 2. The van der Waals surface area contributed by atoms with Crippen LogP contribution in [0.2, 0.25) is 0 Å². The van der Waals surface area contributed by atoms with E-state index in [4.69, 9.17) is 4.74 Å². The predicted molar refractivity (Wildman–Crippen MR) is 68.8 cm³/mol. The van der Waals surface area contributed by atoms with Crippen LogP contribution in [0.15, 0.2) is 30.3 Å². The molecule has 0 amide bonds. The summed E-state index contributed by atoms with van der Waals surface area (Å²) in [5.41, 5.74) is 2.81. The number of phenolic OH excluding ortho intramolecular Hbond substituents is 1. The Balaban J connectivity index is 2.53. The first-order chi connectivity index (χ1) is 8.20. The lowest BCUT2D eigenvalue weighted by atomic mass is 10.1. The van der Waals surface area contributed by atoms with E-state index in [-0.39, 0.29) is 0 Å². The van der Waals surface area contributed by atoms with Gasteiger partial charge in [0.2, 0.25) is 0 Å². The third-order valence-electron chi connectivity index (χ3n) is 3.12. The quantitative estimate of drug-likeness (QED) is 0.669. The Hall–Kier alpha value is -2.16. The fourth-order valence-corrected chi connectivity index (χ4v) is 2.24. The zero-order valence-electron chi connectivity index (χ0n) is 9.74. The van der Waals surface area contributed by atoms with E-state index in [1.165, 1.54) is 0 Å². The second-order valence-electron chi connectivity index (χ2n) is 4.19. The van der Waals surface area contributed by atoms with Gasteiger partial charge in [-0.05, 0) is 30.7 Å². The van der Waals surface area contributed by atoms with Gasteiger partial charge in [-0.25, -0.2) is 0 Å². The van der Waals surface area contributed by atoms with Crippen molar-refractivity contribution in [3.8, 4) is 11.5 Å². The van der Waals surface area contributed by atoms with Crippen molar-refractivity contribution in [1.29, 1.82) is 0 Å². The van der Waals surface area contributed by atoms with Crippen molar-refractivity contribution in [2.45, 2.75) is 6.92 Å². The summed E-state index contributed by atoms with van der Waals surface area (Å²) in [6, 6.07) is 9.63. The minimum atomic E-state index is 0.308. The maximum absolute atomic E-state index is 9.72. The van der Waals surface area contributed by atoms with Crippen molar-refractivity contribution >= 4 is 21.8 Å². The number of rotatable bonds is 1. The largest absolute Gasteiger partial charge is 0.508 e. The molecule has 2 N–H and O–H groups in total. The molecule has 0 spiro atoms. The number of hydrogen-bond donors (Lipinski definition) is 2. The summed E-state index contributed by atoms with van der Waals surface area (Å²) in [7, 11) is 1.67. The van der Waals surface area contributed by atoms with Gasteiger partial charge in [0.1, 0.15) is 11.5 Å². The Labute approximate surface area is 98.6 Å². The molecule has 0 saturated heterocycles. The normalized spacial score (nSPS) is 11.2. The number of ether oxygens (including phenoxy) is 1. The number of nitrogens with one attached hydrogen (secondary N) is 1. The van der Waals surface area contributed by atoms with E-state index in [0.717, 1.165) is 33.1 Å². The maximum Gasteiger partial charge on any atom is 0.128 e. The van der Waals surface area contributed by atoms with Crippen LogP contribution in [0.25, 0.3) is 21.8 Å². The molecule has 86 valence electrons. The SMILES string of the molecule is COc1cccc2[nH]c3cc(O)c(C)cc3c12. The number of aromatic amines is 1. The lowest BCUT2D eigenvalue weighted by Gasteiger charge is -2.02. The molecular weight excluding hydrogens is 214 g/mol. The minimum Gasteiger partial charge on any atom is -0.508 e. The molecule has 0 fully saturated rings. The number of benzene rings is 2. The highest BCUT2D eigenvalue weighted by Gasteiger charge is 2.10. The third-order valence-corrected chi connectivity index (χ3v) is 3.12. The molecule has 1 aromatic heterocycles. The van der Waals surface area contributed by atoms with E-state index in [0.29, 0.717) is 5.75 Å². The van der Waals surface area contributed by atoms with E-state index in [1.54, 1.807) is 13.2 Å². The number of H-pyrrole nitrogens is 1. The standard InChI is InChI=1S/C14H13NO2/c1-8-6-9-11(7-12(8)16)15-10-4-3-5-13(17-2)14(9)10/h3-7,15-16H,1-2H3. The van der Waals surface area contributed by atoms with Gasteiger partial charge in [-0.3, -0.25) is 0 Å². The van der Waals surface area contributed by atoms with E-state index >= 15 is 0 Å². The van der Waals surface area contributed by atoms with Crippen LogP contribution in [0, 0.1) is 6.92 Å². The fourth-order valence-electron chi connectivity index (χ4n) is 2.24. The van der Waals surface area contributed by atoms with Gasteiger partial charge in [0.25, 0.3) is 0 Å². The minimum absolute atomic E-state index is 0.308. The van der Waals surface area contributed by atoms with E-state index in [9.17, 15) is 5.11 Å². The lowest BCUT2D eigenvalue weighted by Crippen LogP contribution is -1.82. The van der Waals surface area contributed by atoms with Gasteiger partial charge in [0, 0.05) is 16.8 Å². The summed E-state index contributed by atoms with van der Waals surface area (Å²) in [6.45, 7) is 1.89. The highest BCUT2D eigenvalue weighted by Crippen LogP contribution is 2.35. The van der Waals surface area contributed by atoms with Crippen LogP contribution in [0.4, 0.5) is 0 Å². The molecule has 3 aromatic rings. The molecule has 3 heteroatoms. The molecule has 0 atom stereocenters. The first-order valence-corrected chi connectivity index (χ1v) is 5.48. The van der Waals surface area contributed by atoms with Gasteiger partial charge in [0.15, 0.2) is 0 Å². The van der Waals surface area contributed by atoms with Crippen LogP contribution in [-0.4, -0.2) is 17.2 Å². The predicted octanol–water partition coefficient (Wildman–Crippen LogP) is 3.34. The molecule has 0 aliphatic rings. The number of aryl methyl sites for hydroxylation is 1.